The first-order valence-corrected chi connectivity index (χ1v) is 10.4. The predicted octanol–water partition coefficient (Wildman–Crippen LogP) is 3.68. The summed E-state index contributed by atoms with van der Waals surface area (Å²) in [4.78, 5) is 19.2. The summed E-state index contributed by atoms with van der Waals surface area (Å²) in [5.74, 6) is 2.33. The van der Waals surface area contributed by atoms with Crippen LogP contribution in [0.15, 0.2) is 22.7 Å². The lowest BCUT2D eigenvalue weighted by atomic mass is 9.78. The van der Waals surface area contributed by atoms with Crippen molar-refractivity contribution in [2.45, 2.75) is 44.6 Å². The minimum Gasteiger partial charge on any atom is -0.496 e. The molecule has 2 aromatic rings. The van der Waals surface area contributed by atoms with Crippen LogP contribution in [0, 0.1) is 12.8 Å². The fraction of sp³-hybridized carbons (Fsp3) is 0.571. The van der Waals surface area contributed by atoms with Gasteiger partial charge in [0, 0.05) is 38.1 Å². The van der Waals surface area contributed by atoms with Gasteiger partial charge in [0.25, 0.3) is 5.91 Å². The number of aryl methyl sites for hydroxylation is 1. The van der Waals surface area contributed by atoms with Crippen LogP contribution >= 0.6 is 11.6 Å². The van der Waals surface area contributed by atoms with Crippen LogP contribution in [0.3, 0.4) is 0 Å². The maximum absolute atomic E-state index is 13.0. The summed E-state index contributed by atoms with van der Waals surface area (Å²) in [6.07, 6.45) is 4.44. The molecule has 1 unspecified atom stereocenters. The second-order valence-electron chi connectivity index (χ2n) is 7.96. The van der Waals surface area contributed by atoms with E-state index in [4.69, 9.17) is 25.6 Å². The molecule has 0 aliphatic carbocycles. The topological polar surface area (TPSA) is 77.7 Å². The zero-order valence-corrected chi connectivity index (χ0v) is 17.6. The number of halogens is 1. The third-order valence-electron chi connectivity index (χ3n) is 5.99. The highest BCUT2D eigenvalue weighted by Gasteiger charge is 2.41. The van der Waals surface area contributed by atoms with Gasteiger partial charge in [0.15, 0.2) is 5.82 Å². The maximum Gasteiger partial charge on any atom is 0.257 e. The molecule has 0 saturated carbocycles. The molecule has 3 heterocycles. The van der Waals surface area contributed by atoms with E-state index in [1.165, 1.54) is 0 Å². The van der Waals surface area contributed by atoms with E-state index in [1.54, 1.807) is 25.3 Å². The van der Waals surface area contributed by atoms with Crippen LogP contribution in [0.5, 0.6) is 5.75 Å². The van der Waals surface area contributed by atoms with E-state index in [2.05, 4.69) is 10.1 Å². The molecule has 2 fully saturated rings. The Labute approximate surface area is 175 Å². The molecule has 1 amide bonds. The first-order chi connectivity index (χ1) is 14.0. The fourth-order valence-corrected chi connectivity index (χ4v) is 4.63. The van der Waals surface area contributed by atoms with Crippen molar-refractivity contribution in [3.8, 4) is 5.75 Å². The van der Waals surface area contributed by atoms with Gasteiger partial charge in [0.2, 0.25) is 5.89 Å². The Bertz CT molecular complexity index is 877. The lowest BCUT2D eigenvalue weighted by Gasteiger charge is -2.46. The van der Waals surface area contributed by atoms with Crippen molar-refractivity contribution >= 4 is 17.5 Å². The summed E-state index contributed by atoms with van der Waals surface area (Å²) in [6, 6.07) is 5.12. The zero-order chi connectivity index (χ0) is 20.4. The maximum atomic E-state index is 13.0. The molecule has 1 aromatic carbocycles. The number of rotatable bonds is 4. The normalized spacial score (nSPS) is 21.3. The van der Waals surface area contributed by atoms with Crippen molar-refractivity contribution in [2.75, 3.05) is 26.8 Å². The Kier molecular flexibility index (Phi) is 5.79. The number of carbonyl (C=O) groups excluding carboxylic acids is 1. The lowest BCUT2D eigenvalue weighted by molar-refractivity contribution is -0.123. The lowest BCUT2D eigenvalue weighted by Crippen LogP contribution is -2.51. The molecule has 4 rings (SSSR count). The summed E-state index contributed by atoms with van der Waals surface area (Å²) in [5.41, 5.74) is 0.380. The van der Waals surface area contributed by atoms with Gasteiger partial charge in [-0.15, -0.1) is 0 Å². The van der Waals surface area contributed by atoms with Gasteiger partial charge in [-0.2, -0.15) is 4.98 Å². The molecule has 0 N–H and O–H groups in total. The number of nitrogens with zero attached hydrogens (tertiary/aromatic N) is 3. The summed E-state index contributed by atoms with van der Waals surface area (Å²) < 4.78 is 16.7. The van der Waals surface area contributed by atoms with Crippen LogP contribution in [0.4, 0.5) is 0 Å². The van der Waals surface area contributed by atoms with E-state index < -0.39 is 0 Å². The Morgan fingerprint density at radius 1 is 1.38 bits per heavy atom. The molecule has 2 aliphatic heterocycles. The van der Waals surface area contributed by atoms with Gasteiger partial charge in [-0.3, -0.25) is 4.79 Å². The minimum atomic E-state index is -0.164. The fourth-order valence-electron chi connectivity index (χ4n) is 4.46. The minimum absolute atomic E-state index is 0.0250. The van der Waals surface area contributed by atoms with Crippen molar-refractivity contribution in [3.05, 3.63) is 40.5 Å². The van der Waals surface area contributed by atoms with Gasteiger partial charge in [0.1, 0.15) is 5.75 Å². The molecule has 29 heavy (non-hydrogen) atoms. The average molecular weight is 420 g/mol. The molecule has 8 heteroatoms. The molecular formula is C21H26ClN3O4. The average Bonchev–Trinajstić information content (AvgIpc) is 3.12. The molecule has 1 aromatic heterocycles. The Hall–Kier alpha value is -2.12. The standard InChI is InChI=1S/C21H26ClN3O4/c1-14-23-19(24-29-14)11-15-5-10-28-21(13-15)6-8-25(9-7-21)20(26)17-4-3-16(22)12-18(17)27-2/h3-4,12,15H,5-11,13H2,1-2H3. The summed E-state index contributed by atoms with van der Waals surface area (Å²) in [7, 11) is 1.55. The van der Waals surface area contributed by atoms with E-state index in [0.717, 1.165) is 44.5 Å². The second kappa shape index (κ2) is 8.32. The van der Waals surface area contributed by atoms with E-state index >= 15 is 0 Å². The van der Waals surface area contributed by atoms with Crippen LogP contribution in [0.1, 0.15) is 47.8 Å². The third-order valence-corrected chi connectivity index (χ3v) is 6.23. The van der Waals surface area contributed by atoms with Gasteiger partial charge >= 0.3 is 0 Å². The van der Waals surface area contributed by atoms with E-state index in [-0.39, 0.29) is 11.5 Å². The van der Waals surface area contributed by atoms with Gasteiger partial charge in [0.05, 0.1) is 18.3 Å². The first kappa shape index (κ1) is 20.2. The third kappa shape index (κ3) is 4.41. The number of hydrogen-bond donors (Lipinski definition) is 0. The number of aromatic nitrogens is 2. The molecule has 2 saturated heterocycles. The van der Waals surface area contributed by atoms with Crippen molar-refractivity contribution in [2.24, 2.45) is 5.92 Å². The predicted molar refractivity (Wildman–Crippen MR) is 107 cm³/mol. The Morgan fingerprint density at radius 2 is 2.17 bits per heavy atom. The van der Waals surface area contributed by atoms with Crippen molar-refractivity contribution in [1.82, 2.24) is 15.0 Å². The summed E-state index contributed by atoms with van der Waals surface area (Å²) >= 11 is 6.02. The first-order valence-electron chi connectivity index (χ1n) is 10.0. The van der Waals surface area contributed by atoms with Crippen LogP contribution in [-0.2, 0) is 11.2 Å². The molecule has 2 aliphatic rings. The van der Waals surface area contributed by atoms with E-state index in [9.17, 15) is 4.79 Å². The second-order valence-corrected chi connectivity index (χ2v) is 8.40. The SMILES string of the molecule is COc1cc(Cl)ccc1C(=O)N1CCC2(CC1)CC(Cc1noc(C)n1)CCO2. The number of piperidine rings is 1. The van der Waals surface area contributed by atoms with Gasteiger partial charge in [-0.05, 0) is 49.8 Å². The Morgan fingerprint density at radius 3 is 2.86 bits per heavy atom. The Balaban J connectivity index is 1.38. The zero-order valence-electron chi connectivity index (χ0n) is 16.8. The van der Waals surface area contributed by atoms with Crippen LogP contribution < -0.4 is 4.74 Å². The van der Waals surface area contributed by atoms with Crippen LogP contribution in [0.25, 0.3) is 0 Å². The molecule has 1 spiro atoms. The van der Waals surface area contributed by atoms with Crippen LogP contribution in [-0.4, -0.2) is 53.4 Å². The molecule has 7 nitrogen and oxygen atoms in total. The van der Waals surface area contributed by atoms with Crippen molar-refractivity contribution in [3.63, 3.8) is 0 Å². The molecule has 156 valence electrons. The van der Waals surface area contributed by atoms with Crippen molar-refractivity contribution in [1.29, 1.82) is 0 Å². The van der Waals surface area contributed by atoms with E-state index in [1.807, 2.05) is 11.8 Å². The number of benzene rings is 1. The van der Waals surface area contributed by atoms with Gasteiger partial charge in [-0.1, -0.05) is 16.8 Å². The molecule has 0 bridgehead atoms. The number of methoxy groups -OCH3 is 1. The van der Waals surface area contributed by atoms with Crippen molar-refractivity contribution < 1.29 is 18.8 Å². The number of ether oxygens (including phenoxy) is 2. The quantitative estimate of drug-likeness (QED) is 0.752. The van der Waals surface area contributed by atoms with Gasteiger partial charge < -0.3 is 18.9 Å². The molecular weight excluding hydrogens is 394 g/mol. The monoisotopic (exact) mass is 419 g/mol. The van der Waals surface area contributed by atoms with Crippen LogP contribution in [0.2, 0.25) is 5.02 Å². The highest BCUT2D eigenvalue weighted by molar-refractivity contribution is 6.30. The molecule has 1 atom stereocenters. The number of likely N-dealkylation sites (tertiary alicyclic amines) is 1. The summed E-state index contributed by atoms with van der Waals surface area (Å²) in [5, 5.41) is 4.58. The molecule has 0 radical (unpaired) electrons. The highest BCUT2D eigenvalue weighted by atomic mass is 35.5. The number of hydrogen-bond acceptors (Lipinski definition) is 6. The van der Waals surface area contributed by atoms with Gasteiger partial charge in [-0.25, -0.2) is 0 Å². The number of amides is 1. The summed E-state index contributed by atoms with van der Waals surface area (Å²) in [6.45, 7) is 3.88. The highest BCUT2D eigenvalue weighted by Crippen LogP contribution is 2.39. The number of carbonyl (C=O) groups is 1. The smallest absolute Gasteiger partial charge is 0.257 e. The van der Waals surface area contributed by atoms with E-state index in [0.29, 0.717) is 41.2 Å². The largest absolute Gasteiger partial charge is 0.496 e.